The summed E-state index contributed by atoms with van der Waals surface area (Å²) in [5.41, 5.74) is 2.64. The fourth-order valence-electron chi connectivity index (χ4n) is 4.95. The van der Waals surface area contributed by atoms with E-state index in [2.05, 4.69) is 63.5 Å². The van der Waals surface area contributed by atoms with E-state index in [-0.39, 0.29) is 18.7 Å². The van der Waals surface area contributed by atoms with E-state index in [0.717, 1.165) is 36.2 Å². The molecule has 1 unspecified atom stereocenters. The fraction of sp³-hybridized carbons (Fsp3) is 0.618. The molecule has 0 aliphatic rings. The molecule has 0 heterocycles. The van der Waals surface area contributed by atoms with E-state index in [1.807, 2.05) is 19.1 Å². The minimum atomic E-state index is -0.170. The molecule has 0 fully saturated rings. The highest BCUT2D eigenvalue weighted by Gasteiger charge is 2.17. The lowest BCUT2D eigenvalue weighted by molar-refractivity contribution is -0.903. The molecule has 0 aliphatic heterocycles. The molecule has 0 radical (unpaired) electrons. The first-order valence-corrected chi connectivity index (χ1v) is 15.1. The highest BCUT2D eigenvalue weighted by atomic mass is 16.6. The summed E-state index contributed by atoms with van der Waals surface area (Å²) in [6.07, 6.45) is 15.7. The monoisotopic (exact) mass is 524 g/mol. The summed E-state index contributed by atoms with van der Waals surface area (Å²) in [7, 11) is 4.41. The van der Waals surface area contributed by atoms with Crippen molar-refractivity contribution in [3.05, 3.63) is 65.7 Å². The van der Waals surface area contributed by atoms with Crippen molar-refractivity contribution in [2.45, 2.75) is 110 Å². The van der Waals surface area contributed by atoms with Crippen molar-refractivity contribution in [2.75, 3.05) is 27.2 Å². The SMILES string of the molecule is CCCCCCCCCCCCc1cccc(OC(C)COC(=O)CCC[N+](C)(C)Cc2ccccc2)c1. The molecule has 2 rings (SSSR count). The molecular formula is C34H54NO3+. The van der Waals surface area contributed by atoms with Crippen molar-refractivity contribution < 1.29 is 18.8 Å². The lowest BCUT2D eigenvalue weighted by atomic mass is 10.0. The largest absolute Gasteiger partial charge is 0.487 e. The van der Waals surface area contributed by atoms with Gasteiger partial charge in [-0.1, -0.05) is 107 Å². The Bertz CT molecular complexity index is 880. The minimum absolute atomic E-state index is 0.144. The van der Waals surface area contributed by atoms with Crippen molar-refractivity contribution in [2.24, 2.45) is 0 Å². The van der Waals surface area contributed by atoms with Crippen LogP contribution in [-0.4, -0.2) is 43.8 Å². The summed E-state index contributed by atoms with van der Waals surface area (Å²) in [5, 5.41) is 0. The Balaban J connectivity index is 1.56. The average Bonchev–Trinajstić information content (AvgIpc) is 2.89. The molecular weight excluding hydrogens is 470 g/mol. The standard InChI is InChI=1S/C34H54NO3/c1-5-6-7-8-9-10-11-12-13-15-20-31-23-18-24-33(27-31)38-30(2)29-37-34(36)25-19-26-35(3,4)28-32-21-16-14-17-22-32/h14,16-18,21-24,27,30H,5-13,15,19-20,25-26,28-29H2,1-4H3/q+1. The topological polar surface area (TPSA) is 35.5 Å². The second kappa shape index (κ2) is 18.8. The number of hydrogen-bond donors (Lipinski definition) is 0. The van der Waals surface area contributed by atoms with Gasteiger partial charge in [-0.2, -0.15) is 0 Å². The molecule has 4 nitrogen and oxygen atoms in total. The molecule has 0 aromatic heterocycles. The fourth-order valence-corrected chi connectivity index (χ4v) is 4.95. The molecule has 0 N–H and O–H groups in total. The quantitative estimate of drug-likeness (QED) is 0.0932. The Morgan fingerprint density at radius 1 is 0.789 bits per heavy atom. The van der Waals surface area contributed by atoms with Crippen molar-refractivity contribution in [1.82, 2.24) is 0 Å². The Morgan fingerprint density at radius 3 is 2.11 bits per heavy atom. The number of unbranched alkanes of at least 4 members (excludes halogenated alkanes) is 9. The van der Waals surface area contributed by atoms with Gasteiger partial charge in [0.05, 0.1) is 27.1 Å². The van der Waals surface area contributed by atoms with Gasteiger partial charge in [0.15, 0.2) is 0 Å². The van der Waals surface area contributed by atoms with Gasteiger partial charge in [-0.15, -0.1) is 0 Å². The molecule has 0 bridgehead atoms. The minimum Gasteiger partial charge on any atom is -0.487 e. The van der Waals surface area contributed by atoms with E-state index in [4.69, 9.17) is 9.47 Å². The normalized spacial score (nSPS) is 12.3. The zero-order valence-electron chi connectivity index (χ0n) is 24.8. The second-order valence-electron chi connectivity index (χ2n) is 11.6. The van der Waals surface area contributed by atoms with E-state index in [1.54, 1.807) is 0 Å². The van der Waals surface area contributed by atoms with Crippen LogP contribution in [0.25, 0.3) is 0 Å². The van der Waals surface area contributed by atoms with Gasteiger partial charge in [-0.05, 0) is 37.5 Å². The zero-order chi connectivity index (χ0) is 27.5. The first-order chi connectivity index (χ1) is 18.4. The predicted octanol–water partition coefficient (Wildman–Crippen LogP) is 8.52. The van der Waals surface area contributed by atoms with Crippen molar-refractivity contribution >= 4 is 5.97 Å². The van der Waals surface area contributed by atoms with Crippen LogP contribution in [0.4, 0.5) is 0 Å². The van der Waals surface area contributed by atoms with Crippen LogP contribution in [0.3, 0.4) is 0 Å². The van der Waals surface area contributed by atoms with Crippen LogP contribution in [0.2, 0.25) is 0 Å². The third kappa shape index (κ3) is 15.2. The van der Waals surface area contributed by atoms with Crippen LogP contribution in [0, 0.1) is 0 Å². The molecule has 2 aromatic carbocycles. The summed E-state index contributed by atoms with van der Waals surface area (Å²) in [6.45, 7) is 6.41. The number of esters is 1. The van der Waals surface area contributed by atoms with Gasteiger partial charge in [0.1, 0.15) is 25.0 Å². The summed E-state index contributed by atoms with van der Waals surface area (Å²) >= 11 is 0. The summed E-state index contributed by atoms with van der Waals surface area (Å²) in [4.78, 5) is 12.3. The highest BCUT2D eigenvalue weighted by Crippen LogP contribution is 2.18. The first kappa shape index (κ1) is 31.9. The number of nitrogens with zero attached hydrogens (tertiary/aromatic N) is 1. The van der Waals surface area contributed by atoms with Crippen LogP contribution in [-0.2, 0) is 22.5 Å². The van der Waals surface area contributed by atoms with Gasteiger partial charge < -0.3 is 14.0 Å². The van der Waals surface area contributed by atoms with Gasteiger partial charge in [-0.3, -0.25) is 4.79 Å². The van der Waals surface area contributed by atoms with E-state index in [0.29, 0.717) is 6.42 Å². The lowest BCUT2D eigenvalue weighted by Gasteiger charge is -2.29. The van der Waals surface area contributed by atoms with Crippen LogP contribution in [0.15, 0.2) is 54.6 Å². The molecule has 38 heavy (non-hydrogen) atoms. The number of benzene rings is 2. The van der Waals surface area contributed by atoms with Gasteiger partial charge in [-0.25, -0.2) is 0 Å². The van der Waals surface area contributed by atoms with Crippen molar-refractivity contribution in [3.63, 3.8) is 0 Å². The number of aryl methyl sites for hydroxylation is 1. The molecule has 0 amide bonds. The first-order valence-electron chi connectivity index (χ1n) is 15.1. The molecule has 1 atom stereocenters. The zero-order valence-corrected chi connectivity index (χ0v) is 24.8. The summed E-state index contributed by atoms with van der Waals surface area (Å²) < 4.78 is 12.4. The predicted molar refractivity (Wildman–Crippen MR) is 159 cm³/mol. The third-order valence-corrected chi connectivity index (χ3v) is 7.13. The molecule has 0 spiro atoms. The summed E-state index contributed by atoms with van der Waals surface area (Å²) in [6, 6.07) is 18.9. The number of ether oxygens (including phenoxy) is 2. The molecule has 2 aromatic rings. The molecule has 0 saturated carbocycles. The highest BCUT2D eigenvalue weighted by molar-refractivity contribution is 5.69. The van der Waals surface area contributed by atoms with Crippen LogP contribution in [0.5, 0.6) is 5.75 Å². The van der Waals surface area contributed by atoms with E-state index < -0.39 is 0 Å². The van der Waals surface area contributed by atoms with Crippen LogP contribution >= 0.6 is 0 Å². The maximum Gasteiger partial charge on any atom is 0.306 e. The molecule has 212 valence electrons. The van der Waals surface area contributed by atoms with E-state index in [1.165, 1.54) is 75.3 Å². The molecule has 0 aliphatic carbocycles. The van der Waals surface area contributed by atoms with Crippen molar-refractivity contribution in [3.8, 4) is 5.75 Å². The Hall–Kier alpha value is -2.33. The lowest BCUT2D eigenvalue weighted by Crippen LogP contribution is -2.39. The number of carbonyl (C=O) groups excluding carboxylic acids is 1. The smallest absolute Gasteiger partial charge is 0.306 e. The third-order valence-electron chi connectivity index (χ3n) is 7.13. The number of carbonyl (C=O) groups is 1. The van der Waals surface area contributed by atoms with E-state index >= 15 is 0 Å². The number of hydrogen-bond acceptors (Lipinski definition) is 3. The second-order valence-corrected chi connectivity index (χ2v) is 11.6. The van der Waals surface area contributed by atoms with Crippen molar-refractivity contribution in [1.29, 1.82) is 0 Å². The number of quaternary nitrogens is 1. The van der Waals surface area contributed by atoms with Gasteiger partial charge in [0, 0.05) is 12.0 Å². The number of rotatable bonds is 21. The van der Waals surface area contributed by atoms with Crippen LogP contribution < -0.4 is 4.74 Å². The van der Waals surface area contributed by atoms with Gasteiger partial charge >= 0.3 is 5.97 Å². The average molecular weight is 525 g/mol. The van der Waals surface area contributed by atoms with Gasteiger partial charge in [0.2, 0.25) is 0 Å². The Morgan fingerprint density at radius 2 is 1.42 bits per heavy atom. The van der Waals surface area contributed by atoms with E-state index in [9.17, 15) is 4.79 Å². The Labute approximate surface area is 233 Å². The maximum atomic E-state index is 12.3. The van der Waals surface area contributed by atoms with Gasteiger partial charge in [0.25, 0.3) is 0 Å². The molecule has 4 heteroatoms. The Kier molecular flexibility index (Phi) is 15.8. The van der Waals surface area contributed by atoms with Crippen LogP contribution in [0.1, 0.15) is 102 Å². The summed E-state index contributed by atoms with van der Waals surface area (Å²) in [5.74, 6) is 0.716. The maximum absolute atomic E-state index is 12.3. The molecule has 0 saturated heterocycles.